The zero-order valence-corrected chi connectivity index (χ0v) is 27.0. The molecule has 0 radical (unpaired) electrons. The largest absolute Gasteiger partial charge is 0.456 e. The molecule has 0 saturated carbocycles. The summed E-state index contributed by atoms with van der Waals surface area (Å²) in [5.41, 5.74) is 11.9. The molecule has 3 aromatic heterocycles. The van der Waals surface area contributed by atoms with E-state index < -0.39 is 0 Å². The number of aromatic nitrogens is 3. The van der Waals surface area contributed by atoms with Crippen molar-refractivity contribution in [1.29, 1.82) is 0 Å². The van der Waals surface area contributed by atoms with Gasteiger partial charge in [0.25, 0.3) is 0 Å². The average Bonchev–Trinajstić information content (AvgIpc) is 3.73. The first-order valence-corrected chi connectivity index (χ1v) is 16.8. The molecule has 0 atom stereocenters. The van der Waals surface area contributed by atoms with Gasteiger partial charge in [0.15, 0.2) is 5.82 Å². The number of fused-ring (bicyclic) bond motifs is 6. The predicted octanol–water partition coefficient (Wildman–Crippen LogP) is 12.1. The molecule has 0 aliphatic rings. The summed E-state index contributed by atoms with van der Waals surface area (Å²) >= 11 is 0. The fourth-order valence-corrected chi connectivity index (χ4v) is 7.29. The Morgan fingerprint density at radius 3 is 1.54 bits per heavy atom. The van der Waals surface area contributed by atoms with Gasteiger partial charge >= 0.3 is 0 Å². The molecule has 7 aromatic carbocycles. The number of hydrogen-bond donors (Lipinski definition) is 0. The van der Waals surface area contributed by atoms with Crippen molar-refractivity contribution in [1.82, 2.24) is 14.5 Å². The minimum absolute atomic E-state index is 0.655. The molecule has 0 unspecified atom stereocenters. The summed E-state index contributed by atoms with van der Waals surface area (Å²) < 4.78 is 9.13. The van der Waals surface area contributed by atoms with Gasteiger partial charge in [0.05, 0.1) is 22.4 Å². The summed E-state index contributed by atoms with van der Waals surface area (Å²) in [5.74, 6) is 0.655. The third-order valence-corrected chi connectivity index (χ3v) is 9.61. The van der Waals surface area contributed by atoms with Gasteiger partial charge in [-0.1, -0.05) is 127 Å². The first-order valence-electron chi connectivity index (χ1n) is 16.8. The van der Waals surface area contributed by atoms with Crippen LogP contribution < -0.4 is 0 Å². The van der Waals surface area contributed by atoms with Crippen molar-refractivity contribution >= 4 is 43.7 Å². The summed E-state index contributed by atoms with van der Waals surface area (Å²) in [6.07, 6.45) is 0. The predicted molar refractivity (Wildman–Crippen MR) is 205 cm³/mol. The van der Waals surface area contributed by atoms with Gasteiger partial charge in [0.1, 0.15) is 11.2 Å². The van der Waals surface area contributed by atoms with Crippen LogP contribution in [0.1, 0.15) is 0 Å². The molecule has 3 heterocycles. The number of hydrogen-bond acceptors (Lipinski definition) is 3. The molecule has 4 nitrogen and oxygen atoms in total. The topological polar surface area (TPSA) is 43.9 Å². The van der Waals surface area contributed by atoms with Crippen molar-refractivity contribution in [3.05, 3.63) is 176 Å². The van der Waals surface area contributed by atoms with Crippen LogP contribution in [0.15, 0.2) is 180 Å². The van der Waals surface area contributed by atoms with E-state index in [4.69, 9.17) is 14.4 Å². The van der Waals surface area contributed by atoms with E-state index in [1.165, 1.54) is 10.8 Å². The lowest BCUT2D eigenvalue weighted by atomic mass is 9.97. The molecule has 0 N–H and O–H groups in total. The molecule has 0 bridgehead atoms. The number of nitrogens with zero attached hydrogens (tertiary/aromatic N) is 3. The lowest BCUT2D eigenvalue weighted by Crippen LogP contribution is -1.97. The van der Waals surface area contributed by atoms with E-state index in [1.807, 2.05) is 42.5 Å². The summed E-state index contributed by atoms with van der Waals surface area (Å²) in [7, 11) is 0. The molecular weight excluding hydrogens is 611 g/mol. The third-order valence-electron chi connectivity index (χ3n) is 9.61. The Hall–Kier alpha value is -6.78. The molecule has 4 heteroatoms. The average molecular weight is 640 g/mol. The molecule has 0 aliphatic carbocycles. The van der Waals surface area contributed by atoms with Gasteiger partial charge in [-0.2, -0.15) is 0 Å². The summed E-state index contributed by atoms with van der Waals surface area (Å²) in [5, 5.41) is 4.48. The molecule has 0 amide bonds. The molecule has 0 spiro atoms. The maximum atomic E-state index is 6.80. The van der Waals surface area contributed by atoms with Gasteiger partial charge in [-0.05, 0) is 53.6 Å². The fourth-order valence-electron chi connectivity index (χ4n) is 7.29. The maximum Gasteiger partial charge on any atom is 0.161 e. The van der Waals surface area contributed by atoms with Crippen molar-refractivity contribution in [3.63, 3.8) is 0 Å². The minimum atomic E-state index is 0.655. The molecule has 10 aromatic rings. The van der Waals surface area contributed by atoms with E-state index in [2.05, 4.69) is 138 Å². The lowest BCUT2D eigenvalue weighted by molar-refractivity contribution is 0.669. The van der Waals surface area contributed by atoms with E-state index >= 15 is 0 Å². The van der Waals surface area contributed by atoms with E-state index in [0.717, 1.165) is 77.9 Å². The number of para-hydroxylation sites is 2. The molecule has 0 saturated heterocycles. The SMILES string of the molecule is c1ccc(-c2cc(-c3nc(-c4ccccc4)cc(-c4ccccc4)n3)c3c(c2)oc2cc(-n4c5ccccc5c5ccccc54)ccc23)cc1. The Balaban J connectivity index is 1.25. The van der Waals surface area contributed by atoms with Crippen LogP contribution in [0.5, 0.6) is 0 Å². The minimum Gasteiger partial charge on any atom is -0.456 e. The van der Waals surface area contributed by atoms with Gasteiger partial charge in [0, 0.05) is 50.0 Å². The van der Waals surface area contributed by atoms with E-state index in [1.54, 1.807) is 0 Å². The zero-order chi connectivity index (χ0) is 33.0. The highest BCUT2D eigenvalue weighted by Crippen LogP contribution is 2.41. The molecule has 234 valence electrons. The van der Waals surface area contributed by atoms with Crippen LogP contribution in [0.4, 0.5) is 0 Å². The summed E-state index contributed by atoms with van der Waals surface area (Å²) in [6, 6.07) is 61.2. The first-order chi connectivity index (χ1) is 24.8. The summed E-state index contributed by atoms with van der Waals surface area (Å²) in [6.45, 7) is 0. The Labute approximate surface area is 288 Å². The highest BCUT2D eigenvalue weighted by Gasteiger charge is 2.20. The second kappa shape index (κ2) is 11.4. The van der Waals surface area contributed by atoms with Crippen molar-refractivity contribution in [2.24, 2.45) is 0 Å². The van der Waals surface area contributed by atoms with E-state index in [-0.39, 0.29) is 0 Å². The van der Waals surface area contributed by atoms with E-state index in [9.17, 15) is 0 Å². The Morgan fingerprint density at radius 1 is 0.400 bits per heavy atom. The smallest absolute Gasteiger partial charge is 0.161 e. The van der Waals surface area contributed by atoms with Crippen molar-refractivity contribution < 1.29 is 4.42 Å². The van der Waals surface area contributed by atoms with Crippen molar-refractivity contribution in [2.45, 2.75) is 0 Å². The first kappa shape index (κ1) is 28.3. The van der Waals surface area contributed by atoms with Gasteiger partial charge in [-0.15, -0.1) is 0 Å². The number of rotatable bonds is 5. The van der Waals surface area contributed by atoms with Crippen molar-refractivity contribution in [2.75, 3.05) is 0 Å². The molecular formula is C46H29N3O. The number of benzene rings is 7. The standard InChI is InChI=1S/C46H29N3O/c1-4-14-30(15-5-1)33-26-38(46-47-39(31-16-6-2-7-17-31)29-40(48-46)32-18-8-3-9-19-32)45-37-25-24-34(28-43(37)50-44(45)27-33)49-41-22-12-10-20-35(41)36-21-11-13-23-42(36)49/h1-29H. The van der Waals surface area contributed by atoms with Crippen LogP contribution >= 0.6 is 0 Å². The maximum absolute atomic E-state index is 6.80. The Bertz CT molecular complexity index is 2740. The van der Waals surface area contributed by atoms with Crippen LogP contribution in [-0.4, -0.2) is 14.5 Å². The second-order valence-corrected chi connectivity index (χ2v) is 12.6. The fraction of sp³-hybridized carbons (Fsp3) is 0. The molecule has 0 aliphatic heterocycles. The molecule has 10 rings (SSSR count). The highest BCUT2D eigenvalue weighted by atomic mass is 16.3. The Kier molecular flexibility index (Phi) is 6.46. The van der Waals surface area contributed by atoms with Gasteiger partial charge in [-0.25, -0.2) is 9.97 Å². The van der Waals surface area contributed by atoms with E-state index in [0.29, 0.717) is 5.82 Å². The van der Waals surface area contributed by atoms with Gasteiger partial charge < -0.3 is 8.98 Å². The summed E-state index contributed by atoms with van der Waals surface area (Å²) in [4.78, 5) is 10.5. The van der Waals surface area contributed by atoms with Crippen LogP contribution in [0.2, 0.25) is 0 Å². The van der Waals surface area contributed by atoms with Crippen LogP contribution in [0.3, 0.4) is 0 Å². The zero-order valence-electron chi connectivity index (χ0n) is 27.0. The van der Waals surface area contributed by atoms with Crippen molar-refractivity contribution in [3.8, 4) is 50.7 Å². The third kappa shape index (κ3) is 4.61. The Morgan fingerprint density at radius 2 is 0.940 bits per heavy atom. The normalized spacial score (nSPS) is 11.6. The second-order valence-electron chi connectivity index (χ2n) is 12.6. The van der Waals surface area contributed by atoms with Crippen LogP contribution in [-0.2, 0) is 0 Å². The monoisotopic (exact) mass is 639 g/mol. The van der Waals surface area contributed by atoms with Crippen LogP contribution in [0.25, 0.3) is 94.5 Å². The molecule has 50 heavy (non-hydrogen) atoms. The quantitative estimate of drug-likeness (QED) is 0.188. The number of furan rings is 1. The highest BCUT2D eigenvalue weighted by molar-refractivity contribution is 6.14. The lowest BCUT2D eigenvalue weighted by Gasteiger charge is -2.12. The van der Waals surface area contributed by atoms with Gasteiger partial charge in [-0.3, -0.25) is 0 Å². The van der Waals surface area contributed by atoms with Crippen LogP contribution in [0, 0.1) is 0 Å². The van der Waals surface area contributed by atoms with Gasteiger partial charge in [0.2, 0.25) is 0 Å². The molecule has 0 fully saturated rings.